The number of halogens is 3. The Morgan fingerprint density at radius 2 is 1.68 bits per heavy atom. The normalized spacial score (nSPS) is 18.4. The molecule has 1 aromatic heterocycles. The van der Waals surface area contributed by atoms with Crippen LogP contribution in [0.1, 0.15) is 36.9 Å². The average molecular weight is 544 g/mol. The van der Waals surface area contributed by atoms with Gasteiger partial charge < -0.3 is 15.0 Å². The van der Waals surface area contributed by atoms with E-state index < -0.39 is 11.7 Å². The van der Waals surface area contributed by atoms with Gasteiger partial charge in [0.05, 0.1) is 62.6 Å². The van der Waals surface area contributed by atoms with Gasteiger partial charge in [0.2, 0.25) is 0 Å². The van der Waals surface area contributed by atoms with Crippen LogP contribution in [0.5, 0.6) is 0 Å². The number of pyridine rings is 1. The second-order valence-electron chi connectivity index (χ2n) is 10.2. The molecule has 2 aromatic carbocycles. The highest BCUT2D eigenvalue weighted by molar-refractivity contribution is 5.84. The highest BCUT2D eigenvalue weighted by Gasteiger charge is 2.30. The van der Waals surface area contributed by atoms with Crippen LogP contribution >= 0.6 is 0 Å². The molecule has 2 N–H and O–H groups in total. The molecule has 6 nitrogen and oxygen atoms in total. The molecule has 0 radical (unpaired) electrons. The molecule has 6 rings (SSSR count). The number of hydrogen-bond donors (Lipinski definition) is 2. The zero-order chi connectivity index (χ0) is 27.9. The third-order valence-electron chi connectivity index (χ3n) is 7.41. The number of nitrogens with one attached hydrogen (secondary N) is 1. The second-order valence-corrected chi connectivity index (χ2v) is 10.2. The van der Waals surface area contributed by atoms with Crippen LogP contribution in [-0.2, 0) is 6.18 Å². The Kier molecular flexibility index (Phi) is 6.75. The van der Waals surface area contributed by atoms with E-state index in [9.17, 15) is 18.3 Å². The maximum absolute atomic E-state index is 13.3. The van der Waals surface area contributed by atoms with Gasteiger partial charge in [-0.2, -0.15) is 13.2 Å². The second kappa shape index (κ2) is 10.4. The molecular weight excluding hydrogens is 515 g/mol. The van der Waals surface area contributed by atoms with Gasteiger partial charge in [-0.25, -0.2) is 4.98 Å². The van der Waals surface area contributed by atoms with Crippen LogP contribution in [-0.4, -0.2) is 31.8 Å². The van der Waals surface area contributed by atoms with Crippen LogP contribution in [0.2, 0.25) is 0 Å². The zero-order valence-electron chi connectivity index (χ0n) is 21.9. The van der Waals surface area contributed by atoms with Gasteiger partial charge in [-0.3, -0.25) is 9.98 Å². The van der Waals surface area contributed by atoms with E-state index in [4.69, 9.17) is 9.98 Å². The summed E-state index contributed by atoms with van der Waals surface area (Å²) in [5.74, 6) is 0. The number of hydrogen-bond acceptors (Lipinski definition) is 5. The van der Waals surface area contributed by atoms with Crippen molar-refractivity contribution in [3.05, 3.63) is 95.6 Å². The van der Waals surface area contributed by atoms with Gasteiger partial charge in [-0.05, 0) is 93.3 Å². The molecule has 40 heavy (non-hydrogen) atoms. The minimum atomic E-state index is -4.42. The summed E-state index contributed by atoms with van der Waals surface area (Å²) >= 11 is 0. The van der Waals surface area contributed by atoms with E-state index in [-0.39, 0.29) is 12.1 Å². The molecule has 2 aliphatic carbocycles. The smallest absolute Gasteiger partial charge is 0.393 e. The fourth-order valence-electron chi connectivity index (χ4n) is 5.27. The molecule has 1 saturated carbocycles. The fourth-order valence-corrected chi connectivity index (χ4v) is 5.27. The van der Waals surface area contributed by atoms with E-state index in [0.29, 0.717) is 29.7 Å². The minimum Gasteiger partial charge on any atom is -0.393 e. The minimum absolute atomic E-state index is 0.0457. The van der Waals surface area contributed by atoms with Crippen molar-refractivity contribution in [1.82, 2.24) is 14.5 Å². The van der Waals surface area contributed by atoms with E-state index in [1.54, 1.807) is 6.20 Å². The summed E-state index contributed by atoms with van der Waals surface area (Å²) in [6, 6.07) is 20.5. The van der Waals surface area contributed by atoms with Crippen LogP contribution < -0.4 is 10.7 Å². The number of alkyl halides is 3. The lowest BCUT2D eigenvalue weighted by molar-refractivity contribution is -0.137. The SMILES string of the molecule is Cc1ncccc1Nc1cc2nc3ccccc3n(-c3ccc(C(F)(F)F)cc3)c-2c/c1=N\C1CCC(O)CC1. The molecule has 1 aliphatic heterocycles. The molecule has 0 saturated heterocycles. The number of nitrogens with zero attached hydrogens (tertiary/aromatic N) is 4. The Morgan fingerprint density at radius 3 is 2.40 bits per heavy atom. The Bertz CT molecular complexity index is 1700. The van der Waals surface area contributed by atoms with E-state index in [2.05, 4.69) is 10.3 Å². The molecular formula is C31H28F3N5O. The predicted octanol–water partition coefficient (Wildman–Crippen LogP) is 6.80. The van der Waals surface area contributed by atoms with E-state index in [0.717, 1.165) is 58.6 Å². The van der Waals surface area contributed by atoms with Gasteiger partial charge >= 0.3 is 6.18 Å². The molecule has 0 unspecified atom stereocenters. The molecule has 2 heterocycles. The number of benzene rings is 3. The standard InChI is InChI=1S/C31H28F3N5O/c1-19-24(6-4-16-35-19)37-26-17-28-30(18-27(26)36-21-10-14-23(40)15-11-21)39(29-7-3-2-5-25(29)38-28)22-12-8-20(9-13-22)31(32,33)34/h2-9,12-13,16-18,21,23,37,40H,10-11,14-15H2,1H3/b36-27+. The monoisotopic (exact) mass is 543 g/mol. The Balaban J connectivity index is 1.59. The first-order chi connectivity index (χ1) is 19.3. The van der Waals surface area contributed by atoms with Crippen molar-refractivity contribution in [1.29, 1.82) is 0 Å². The summed E-state index contributed by atoms with van der Waals surface area (Å²) in [6.45, 7) is 1.92. The topological polar surface area (TPSA) is 75.3 Å². The molecule has 3 aromatic rings. The van der Waals surface area contributed by atoms with Crippen LogP contribution in [0.4, 0.5) is 24.5 Å². The maximum Gasteiger partial charge on any atom is 0.416 e. The van der Waals surface area contributed by atoms with Crippen molar-refractivity contribution in [2.75, 3.05) is 5.32 Å². The molecule has 3 aliphatic rings. The lowest BCUT2D eigenvalue weighted by Crippen LogP contribution is -2.24. The first-order valence-electron chi connectivity index (χ1n) is 13.3. The molecule has 0 bridgehead atoms. The van der Waals surface area contributed by atoms with Crippen molar-refractivity contribution >= 4 is 22.4 Å². The first-order valence-corrected chi connectivity index (χ1v) is 13.3. The van der Waals surface area contributed by atoms with Gasteiger partial charge in [0.15, 0.2) is 0 Å². The van der Waals surface area contributed by atoms with Crippen molar-refractivity contribution < 1.29 is 18.3 Å². The third-order valence-corrected chi connectivity index (χ3v) is 7.41. The quantitative estimate of drug-likeness (QED) is 0.245. The van der Waals surface area contributed by atoms with Crippen molar-refractivity contribution in [3.8, 4) is 17.1 Å². The average Bonchev–Trinajstić information content (AvgIpc) is 2.94. The molecule has 204 valence electrons. The summed E-state index contributed by atoms with van der Waals surface area (Å²) in [5, 5.41) is 14.2. The summed E-state index contributed by atoms with van der Waals surface area (Å²) in [6.07, 6.45) is -0.0282. The number of fused-ring (bicyclic) bond motifs is 2. The van der Waals surface area contributed by atoms with Crippen molar-refractivity contribution in [2.45, 2.75) is 50.9 Å². The Morgan fingerprint density at radius 1 is 0.925 bits per heavy atom. The van der Waals surface area contributed by atoms with Gasteiger partial charge in [0, 0.05) is 11.9 Å². The van der Waals surface area contributed by atoms with Crippen LogP contribution in [0.25, 0.3) is 28.1 Å². The fraction of sp³-hybridized carbons (Fsp3) is 0.258. The summed E-state index contributed by atoms with van der Waals surface area (Å²) in [4.78, 5) is 14.4. The first kappa shape index (κ1) is 26.0. The van der Waals surface area contributed by atoms with Gasteiger partial charge in [0.25, 0.3) is 0 Å². The number of para-hydroxylation sites is 2. The zero-order valence-corrected chi connectivity index (χ0v) is 21.9. The van der Waals surface area contributed by atoms with Crippen LogP contribution in [0.15, 0.2) is 84.0 Å². The van der Waals surface area contributed by atoms with Crippen molar-refractivity contribution in [2.24, 2.45) is 4.99 Å². The number of aliphatic hydroxyl groups is 1. The molecule has 0 atom stereocenters. The lowest BCUT2D eigenvalue weighted by Gasteiger charge is -2.23. The number of aromatic nitrogens is 3. The molecule has 0 spiro atoms. The van der Waals surface area contributed by atoms with Crippen LogP contribution in [0, 0.1) is 6.92 Å². The van der Waals surface area contributed by atoms with E-state index in [1.165, 1.54) is 12.1 Å². The van der Waals surface area contributed by atoms with E-state index >= 15 is 0 Å². The summed E-state index contributed by atoms with van der Waals surface area (Å²) in [7, 11) is 0. The largest absolute Gasteiger partial charge is 0.416 e. The Hall–Kier alpha value is -4.24. The van der Waals surface area contributed by atoms with Gasteiger partial charge in [-0.15, -0.1) is 0 Å². The highest BCUT2D eigenvalue weighted by atomic mass is 19.4. The summed E-state index contributed by atoms with van der Waals surface area (Å²) < 4.78 is 41.9. The number of aliphatic hydroxyl groups excluding tert-OH is 1. The predicted molar refractivity (Wildman–Crippen MR) is 149 cm³/mol. The number of rotatable bonds is 4. The number of anilines is 2. The van der Waals surface area contributed by atoms with Gasteiger partial charge in [0.1, 0.15) is 0 Å². The lowest BCUT2D eigenvalue weighted by atomic mass is 9.93. The van der Waals surface area contributed by atoms with E-state index in [1.807, 2.05) is 60.0 Å². The number of aryl methyl sites for hydroxylation is 1. The molecule has 9 heteroatoms. The third kappa shape index (κ3) is 5.16. The summed E-state index contributed by atoms with van der Waals surface area (Å²) in [5.41, 5.74) is 5.20. The van der Waals surface area contributed by atoms with Crippen molar-refractivity contribution in [3.63, 3.8) is 0 Å². The highest BCUT2D eigenvalue weighted by Crippen LogP contribution is 2.33. The van der Waals surface area contributed by atoms with Crippen LogP contribution in [0.3, 0.4) is 0 Å². The maximum atomic E-state index is 13.3. The molecule has 0 amide bonds. The Labute approximate surface area is 229 Å². The molecule has 1 fully saturated rings. The van der Waals surface area contributed by atoms with Gasteiger partial charge in [-0.1, -0.05) is 12.1 Å².